The van der Waals surface area contributed by atoms with Crippen LogP contribution in [0.5, 0.6) is 0 Å². The minimum Gasteiger partial charge on any atom is -0.431 e. The number of benzene rings is 1. The first-order valence-corrected chi connectivity index (χ1v) is 4.19. The summed E-state index contributed by atoms with van der Waals surface area (Å²) in [5.74, 6) is 0. The minimum atomic E-state index is 1.06. The molecule has 0 aliphatic heterocycles. The molecule has 68 valence electrons. The highest BCUT2D eigenvalue weighted by atomic mass is 32.1. The normalized spacial score (nSPS) is 8.77. The molecule has 13 heavy (non-hydrogen) atoms. The van der Waals surface area contributed by atoms with Gasteiger partial charge in [-0.15, -0.1) is 22.8 Å². The van der Waals surface area contributed by atoms with Gasteiger partial charge in [0.25, 0.3) is 0 Å². The molecule has 0 atom stereocenters. The molecular weight excluding hydrogens is 184 g/mol. The Morgan fingerprint density at radius 3 is 2.08 bits per heavy atom. The molecule has 1 heterocycles. The second kappa shape index (κ2) is 5.37. The maximum Gasteiger partial charge on any atom is 0.203 e. The van der Waals surface area contributed by atoms with Crippen LogP contribution in [-0.2, 0) is 0 Å². The monoisotopic (exact) mass is 194 g/mol. The smallest absolute Gasteiger partial charge is 0.203 e. The summed E-state index contributed by atoms with van der Waals surface area (Å²) in [4.78, 5) is 1.06. The first-order chi connectivity index (χ1) is 6.30. The van der Waals surface area contributed by atoms with Gasteiger partial charge in [-0.2, -0.15) is 0 Å². The van der Waals surface area contributed by atoms with E-state index in [-0.39, 0.29) is 0 Å². The van der Waals surface area contributed by atoms with Crippen molar-refractivity contribution in [2.24, 2.45) is 0 Å². The van der Waals surface area contributed by atoms with Gasteiger partial charge in [-0.05, 0) is 18.6 Å². The molecule has 0 bridgehead atoms. The lowest BCUT2D eigenvalue weighted by molar-refractivity contribution is 0.553. The Hall–Kier alpha value is -1.29. The third-order valence-corrected chi connectivity index (χ3v) is 1.90. The molecule has 2 aromatic rings. The quantitative estimate of drug-likeness (QED) is 0.654. The fraction of sp³-hybridized carbons (Fsp3) is 0.111. The fourth-order valence-corrected chi connectivity index (χ4v) is 0.860. The summed E-state index contributed by atoms with van der Waals surface area (Å²) >= 11 is 4.20. The van der Waals surface area contributed by atoms with Crippen molar-refractivity contribution in [2.45, 2.75) is 11.8 Å². The van der Waals surface area contributed by atoms with Crippen LogP contribution in [0, 0.1) is 6.92 Å². The van der Waals surface area contributed by atoms with Crippen LogP contribution >= 0.6 is 12.6 Å². The molecule has 0 saturated carbocycles. The van der Waals surface area contributed by atoms with Crippen LogP contribution in [0.2, 0.25) is 0 Å². The van der Waals surface area contributed by atoms with Crippen LogP contribution < -0.4 is 0 Å². The molecular formula is C9H10N2OS. The number of rotatable bonds is 0. The number of hydrogen-bond acceptors (Lipinski definition) is 4. The second-order valence-corrected chi connectivity index (χ2v) is 2.85. The van der Waals surface area contributed by atoms with Crippen molar-refractivity contribution in [3.05, 3.63) is 42.6 Å². The van der Waals surface area contributed by atoms with E-state index in [4.69, 9.17) is 0 Å². The van der Waals surface area contributed by atoms with Gasteiger partial charge in [0.1, 0.15) is 0 Å². The topological polar surface area (TPSA) is 38.9 Å². The fourth-order valence-electron chi connectivity index (χ4n) is 0.700. The number of thiol groups is 1. The van der Waals surface area contributed by atoms with Crippen molar-refractivity contribution in [2.75, 3.05) is 0 Å². The molecule has 0 aliphatic carbocycles. The molecule has 0 N–H and O–H groups in total. The van der Waals surface area contributed by atoms with Gasteiger partial charge in [0.2, 0.25) is 12.8 Å². The van der Waals surface area contributed by atoms with E-state index >= 15 is 0 Å². The number of nitrogens with zero attached hydrogens (tertiary/aromatic N) is 2. The second-order valence-electron chi connectivity index (χ2n) is 2.36. The summed E-state index contributed by atoms with van der Waals surface area (Å²) in [6.07, 6.45) is 2.53. The summed E-state index contributed by atoms with van der Waals surface area (Å²) in [7, 11) is 0. The third kappa shape index (κ3) is 3.75. The van der Waals surface area contributed by atoms with Crippen molar-refractivity contribution >= 4 is 12.6 Å². The highest BCUT2D eigenvalue weighted by Gasteiger charge is 1.84. The molecule has 0 fully saturated rings. The highest BCUT2D eigenvalue weighted by molar-refractivity contribution is 7.80. The van der Waals surface area contributed by atoms with Crippen LogP contribution in [0.1, 0.15) is 5.56 Å². The van der Waals surface area contributed by atoms with Gasteiger partial charge in [-0.25, -0.2) is 0 Å². The third-order valence-electron chi connectivity index (χ3n) is 1.40. The van der Waals surface area contributed by atoms with Gasteiger partial charge in [-0.3, -0.25) is 0 Å². The molecule has 0 spiro atoms. The number of aromatic nitrogens is 2. The molecule has 3 nitrogen and oxygen atoms in total. The first kappa shape index (κ1) is 9.80. The Morgan fingerprint density at radius 2 is 1.77 bits per heavy atom. The minimum absolute atomic E-state index is 1.06. The van der Waals surface area contributed by atoms with E-state index < -0.39 is 0 Å². The van der Waals surface area contributed by atoms with E-state index in [9.17, 15) is 0 Å². The van der Waals surface area contributed by atoms with E-state index in [1.807, 2.05) is 31.2 Å². The Morgan fingerprint density at radius 1 is 1.15 bits per heavy atom. The molecule has 1 aromatic carbocycles. The number of hydrogen-bond donors (Lipinski definition) is 1. The van der Waals surface area contributed by atoms with Crippen molar-refractivity contribution in [1.29, 1.82) is 0 Å². The zero-order valence-electron chi connectivity index (χ0n) is 7.21. The molecule has 4 heteroatoms. The Bertz CT molecular complexity index is 297. The average Bonchev–Trinajstić information content (AvgIpc) is 2.68. The van der Waals surface area contributed by atoms with Crippen LogP contribution in [0.25, 0.3) is 0 Å². The summed E-state index contributed by atoms with van der Waals surface area (Å²) in [6, 6.07) is 8.02. The zero-order valence-corrected chi connectivity index (χ0v) is 8.11. The predicted octanol–water partition coefficient (Wildman–Crippen LogP) is 2.35. The summed E-state index contributed by atoms with van der Waals surface area (Å²) < 4.78 is 4.36. The lowest BCUT2D eigenvalue weighted by Crippen LogP contribution is -1.70. The molecule has 1 aromatic heterocycles. The standard InChI is InChI=1S/C7H8S.C2H2N2O/c1-6-4-2-3-5-7(6)8;1-3-4-2-5-1/h2-5,8H,1H3;1-2H. The largest absolute Gasteiger partial charge is 0.431 e. The number of aryl methyl sites for hydroxylation is 1. The predicted molar refractivity (Wildman–Crippen MR) is 52.7 cm³/mol. The molecule has 0 aliphatic rings. The van der Waals surface area contributed by atoms with Crippen LogP contribution in [-0.4, -0.2) is 10.2 Å². The van der Waals surface area contributed by atoms with Crippen molar-refractivity contribution in [1.82, 2.24) is 10.2 Å². The molecule has 0 amide bonds. The summed E-state index contributed by atoms with van der Waals surface area (Å²) in [5.41, 5.74) is 1.23. The van der Waals surface area contributed by atoms with Gasteiger partial charge in [-0.1, -0.05) is 18.2 Å². The van der Waals surface area contributed by atoms with E-state index in [0.29, 0.717) is 0 Å². The lowest BCUT2D eigenvalue weighted by Gasteiger charge is -1.92. The van der Waals surface area contributed by atoms with Crippen LogP contribution in [0.3, 0.4) is 0 Å². The van der Waals surface area contributed by atoms with E-state index in [0.717, 1.165) is 4.90 Å². The molecule has 0 radical (unpaired) electrons. The van der Waals surface area contributed by atoms with E-state index in [1.54, 1.807) is 0 Å². The van der Waals surface area contributed by atoms with Gasteiger partial charge in [0.15, 0.2) is 0 Å². The average molecular weight is 194 g/mol. The van der Waals surface area contributed by atoms with Crippen molar-refractivity contribution in [3.8, 4) is 0 Å². The van der Waals surface area contributed by atoms with E-state index in [2.05, 4.69) is 27.2 Å². The molecule has 2 rings (SSSR count). The van der Waals surface area contributed by atoms with Gasteiger partial charge in [0.05, 0.1) is 0 Å². The van der Waals surface area contributed by atoms with E-state index in [1.165, 1.54) is 18.4 Å². The van der Waals surface area contributed by atoms with Crippen molar-refractivity contribution < 1.29 is 4.42 Å². The maximum absolute atomic E-state index is 4.36. The molecule has 0 saturated heterocycles. The Labute approximate surface area is 82.2 Å². The first-order valence-electron chi connectivity index (χ1n) is 3.74. The summed E-state index contributed by atoms with van der Waals surface area (Å²) in [6.45, 7) is 2.04. The highest BCUT2D eigenvalue weighted by Crippen LogP contribution is 2.09. The maximum atomic E-state index is 4.36. The van der Waals surface area contributed by atoms with Crippen LogP contribution in [0.15, 0.2) is 46.4 Å². The Kier molecular flexibility index (Phi) is 4.05. The molecule has 0 unspecified atom stereocenters. The van der Waals surface area contributed by atoms with Gasteiger partial charge in [0, 0.05) is 4.90 Å². The SMILES string of the molecule is Cc1ccccc1S.c1nnco1. The summed E-state index contributed by atoms with van der Waals surface area (Å²) in [5, 5.41) is 6.61. The zero-order chi connectivity index (χ0) is 9.52. The lowest BCUT2D eigenvalue weighted by atomic mass is 10.2. The van der Waals surface area contributed by atoms with Crippen LogP contribution in [0.4, 0.5) is 0 Å². The van der Waals surface area contributed by atoms with Crippen molar-refractivity contribution in [3.63, 3.8) is 0 Å². The van der Waals surface area contributed by atoms with Gasteiger partial charge >= 0.3 is 0 Å². The Balaban J connectivity index is 0.000000145. The van der Waals surface area contributed by atoms with Gasteiger partial charge < -0.3 is 4.42 Å².